The maximum atomic E-state index is 12.7. The van der Waals surface area contributed by atoms with Crippen LogP contribution in [0, 0.1) is 6.92 Å². The molecule has 156 valence electrons. The predicted molar refractivity (Wildman–Crippen MR) is 120 cm³/mol. The smallest absolute Gasteiger partial charge is 0.285 e. The van der Waals surface area contributed by atoms with Crippen molar-refractivity contribution in [2.45, 2.75) is 11.8 Å². The van der Waals surface area contributed by atoms with Gasteiger partial charge in [-0.25, -0.2) is 18.1 Å². The number of nitrogens with zero attached hydrogens (tertiary/aromatic N) is 2. The molecule has 1 N–H and O–H groups in total. The summed E-state index contributed by atoms with van der Waals surface area (Å²) >= 11 is 0. The molecule has 0 saturated heterocycles. The van der Waals surface area contributed by atoms with Crippen molar-refractivity contribution < 1.29 is 13.2 Å². The summed E-state index contributed by atoms with van der Waals surface area (Å²) in [5.41, 5.74) is 3.42. The molecule has 0 aliphatic rings. The number of aromatic nitrogens is 2. The molecule has 4 rings (SSSR count). The van der Waals surface area contributed by atoms with Gasteiger partial charge in [-0.15, -0.1) is 0 Å². The lowest BCUT2D eigenvalue weighted by Gasteiger charge is -2.09. The zero-order valence-corrected chi connectivity index (χ0v) is 17.9. The fraction of sp³-hybridized carbons (Fsp3) is 0.0833. The minimum absolute atomic E-state index is 0.0255. The van der Waals surface area contributed by atoms with Crippen LogP contribution in [0.2, 0.25) is 0 Å². The Balaban J connectivity index is 1.68. The molecule has 0 radical (unpaired) electrons. The molecule has 7 heteroatoms. The molecule has 0 aliphatic heterocycles. The van der Waals surface area contributed by atoms with Gasteiger partial charge in [-0.05, 0) is 29.7 Å². The molecule has 3 aromatic carbocycles. The molecule has 0 aliphatic carbocycles. The minimum Gasteiger partial charge on any atom is -0.333 e. The Morgan fingerprint density at radius 1 is 0.871 bits per heavy atom. The largest absolute Gasteiger partial charge is 0.333 e. The van der Waals surface area contributed by atoms with E-state index >= 15 is 0 Å². The van der Waals surface area contributed by atoms with Crippen molar-refractivity contribution in [3.63, 3.8) is 0 Å². The van der Waals surface area contributed by atoms with Crippen molar-refractivity contribution >= 4 is 15.9 Å². The number of sulfonamides is 1. The fourth-order valence-electron chi connectivity index (χ4n) is 3.46. The van der Waals surface area contributed by atoms with Crippen molar-refractivity contribution in [2.75, 3.05) is 0 Å². The first-order valence-corrected chi connectivity index (χ1v) is 11.2. The third-order valence-corrected chi connectivity index (χ3v) is 6.46. The molecule has 0 bridgehead atoms. The first kappa shape index (κ1) is 20.6. The fourth-order valence-corrected chi connectivity index (χ4v) is 4.67. The molecule has 0 atom stereocenters. The summed E-state index contributed by atoms with van der Waals surface area (Å²) in [4.78, 5) is 17.2. The maximum absolute atomic E-state index is 12.7. The molecule has 31 heavy (non-hydrogen) atoms. The van der Waals surface area contributed by atoms with E-state index in [1.165, 1.54) is 12.3 Å². The summed E-state index contributed by atoms with van der Waals surface area (Å²) in [6, 6.07) is 24.1. The molecule has 1 aromatic heterocycles. The van der Waals surface area contributed by atoms with Gasteiger partial charge in [0, 0.05) is 18.8 Å². The summed E-state index contributed by atoms with van der Waals surface area (Å²) in [5, 5.41) is 0. The summed E-state index contributed by atoms with van der Waals surface area (Å²) < 4.78 is 29.2. The Kier molecular flexibility index (Phi) is 5.44. The topological polar surface area (TPSA) is 81.1 Å². The van der Waals surface area contributed by atoms with Crippen LogP contribution in [-0.4, -0.2) is 23.9 Å². The van der Waals surface area contributed by atoms with E-state index in [1.54, 1.807) is 36.7 Å². The number of rotatable bonds is 5. The van der Waals surface area contributed by atoms with E-state index < -0.39 is 15.9 Å². The van der Waals surface area contributed by atoms with E-state index in [9.17, 15) is 13.2 Å². The van der Waals surface area contributed by atoms with Crippen molar-refractivity contribution in [3.8, 4) is 22.5 Å². The molecule has 0 saturated carbocycles. The van der Waals surface area contributed by atoms with Crippen molar-refractivity contribution in [1.29, 1.82) is 0 Å². The molecule has 0 spiro atoms. The van der Waals surface area contributed by atoms with E-state index in [0.717, 1.165) is 16.7 Å². The molecular formula is C24H21N3O3S. The van der Waals surface area contributed by atoms with Crippen LogP contribution in [0.4, 0.5) is 0 Å². The van der Waals surface area contributed by atoms with Gasteiger partial charge in [0.1, 0.15) is 11.5 Å². The summed E-state index contributed by atoms with van der Waals surface area (Å²) in [6.45, 7) is 1.68. The maximum Gasteiger partial charge on any atom is 0.285 e. The first-order chi connectivity index (χ1) is 14.9. The predicted octanol–water partition coefficient (Wildman–Crippen LogP) is 4.18. The van der Waals surface area contributed by atoms with Gasteiger partial charge < -0.3 is 4.57 Å². The highest BCUT2D eigenvalue weighted by molar-refractivity contribution is 7.90. The normalized spacial score (nSPS) is 11.3. The van der Waals surface area contributed by atoms with Gasteiger partial charge in [-0.2, -0.15) is 0 Å². The van der Waals surface area contributed by atoms with Crippen LogP contribution >= 0.6 is 0 Å². The number of hydrogen-bond donors (Lipinski definition) is 1. The third kappa shape index (κ3) is 4.13. The average molecular weight is 432 g/mol. The molecule has 0 fully saturated rings. The second-order valence-electron chi connectivity index (χ2n) is 7.17. The van der Waals surface area contributed by atoms with E-state index in [2.05, 4.69) is 9.71 Å². The molecular weight excluding hydrogens is 410 g/mol. The number of imidazole rings is 1. The van der Waals surface area contributed by atoms with Gasteiger partial charge in [-0.3, -0.25) is 4.79 Å². The van der Waals surface area contributed by atoms with Crippen LogP contribution in [0.3, 0.4) is 0 Å². The number of benzene rings is 3. The van der Waals surface area contributed by atoms with Gasteiger partial charge in [0.15, 0.2) is 0 Å². The minimum atomic E-state index is -4.01. The highest BCUT2D eigenvalue weighted by atomic mass is 32.2. The van der Waals surface area contributed by atoms with E-state index in [4.69, 9.17) is 0 Å². The number of carbonyl (C=O) groups is 1. The number of amides is 1. The van der Waals surface area contributed by atoms with Crippen LogP contribution in [0.15, 0.2) is 90.0 Å². The average Bonchev–Trinajstić information content (AvgIpc) is 3.16. The van der Waals surface area contributed by atoms with Crippen LogP contribution in [0.5, 0.6) is 0 Å². The highest BCUT2D eigenvalue weighted by Gasteiger charge is 2.23. The SMILES string of the molecule is Cc1ccccc1S(=O)(=O)NC(=O)c1cn(C)c(-c2ccccc2-c2ccccc2)n1. The number of hydrogen-bond acceptors (Lipinski definition) is 4. The molecule has 1 heterocycles. The van der Waals surface area contributed by atoms with Gasteiger partial charge in [0.25, 0.3) is 15.9 Å². The Labute approximate surface area is 181 Å². The lowest BCUT2D eigenvalue weighted by Crippen LogP contribution is -2.31. The molecule has 0 unspecified atom stereocenters. The van der Waals surface area contributed by atoms with Gasteiger partial charge in [-0.1, -0.05) is 72.8 Å². The Hall–Kier alpha value is -3.71. The van der Waals surface area contributed by atoms with Crippen molar-refractivity contribution in [1.82, 2.24) is 14.3 Å². The Morgan fingerprint density at radius 3 is 2.19 bits per heavy atom. The van der Waals surface area contributed by atoms with E-state index in [0.29, 0.717) is 11.4 Å². The van der Waals surface area contributed by atoms with Crippen LogP contribution < -0.4 is 4.72 Å². The van der Waals surface area contributed by atoms with E-state index in [-0.39, 0.29) is 10.6 Å². The number of carbonyl (C=O) groups excluding carboxylic acids is 1. The van der Waals surface area contributed by atoms with Crippen molar-refractivity contribution in [2.24, 2.45) is 7.05 Å². The lowest BCUT2D eigenvalue weighted by atomic mass is 9.99. The van der Waals surface area contributed by atoms with Gasteiger partial charge in [0.05, 0.1) is 4.90 Å². The van der Waals surface area contributed by atoms with Gasteiger partial charge >= 0.3 is 0 Å². The third-order valence-electron chi connectivity index (χ3n) is 4.97. The number of aryl methyl sites for hydroxylation is 2. The Morgan fingerprint density at radius 2 is 1.48 bits per heavy atom. The monoisotopic (exact) mass is 431 g/mol. The second kappa shape index (κ2) is 8.20. The second-order valence-corrected chi connectivity index (χ2v) is 8.82. The van der Waals surface area contributed by atoms with E-state index in [1.807, 2.05) is 54.6 Å². The summed E-state index contributed by atoms with van der Waals surface area (Å²) in [7, 11) is -2.23. The molecule has 6 nitrogen and oxygen atoms in total. The zero-order valence-electron chi connectivity index (χ0n) is 17.1. The standard InChI is InChI=1S/C24H21N3O3S/c1-17-10-6-9-15-22(17)31(29,30)26-24(28)21-16-27(2)23(25-21)20-14-8-7-13-19(20)18-11-4-3-5-12-18/h3-16H,1-2H3,(H,26,28). The summed E-state index contributed by atoms with van der Waals surface area (Å²) in [6.07, 6.45) is 1.53. The van der Waals surface area contributed by atoms with Gasteiger partial charge in [0.2, 0.25) is 0 Å². The quantitative estimate of drug-likeness (QED) is 0.514. The number of nitrogens with one attached hydrogen (secondary N) is 1. The molecule has 1 amide bonds. The summed E-state index contributed by atoms with van der Waals surface area (Å²) in [5.74, 6) is -0.208. The molecule has 4 aromatic rings. The Bertz CT molecular complexity index is 1360. The zero-order chi connectivity index (χ0) is 22.0. The van der Waals surface area contributed by atoms with Crippen molar-refractivity contribution in [3.05, 3.63) is 96.3 Å². The first-order valence-electron chi connectivity index (χ1n) is 9.68. The van der Waals surface area contributed by atoms with Crippen LogP contribution in [0.25, 0.3) is 22.5 Å². The highest BCUT2D eigenvalue weighted by Crippen LogP contribution is 2.31. The lowest BCUT2D eigenvalue weighted by molar-refractivity contribution is 0.0977. The van der Waals surface area contributed by atoms with Crippen LogP contribution in [-0.2, 0) is 17.1 Å². The van der Waals surface area contributed by atoms with Crippen LogP contribution in [0.1, 0.15) is 16.1 Å².